The van der Waals surface area contributed by atoms with Crippen LogP contribution in [0.2, 0.25) is 0 Å². The summed E-state index contributed by atoms with van der Waals surface area (Å²) in [5.74, 6) is 4.50. The molecule has 3 aromatic rings. The molecule has 0 bridgehead atoms. The zero-order chi connectivity index (χ0) is 27.7. The summed E-state index contributed by atoms with van der Waals surface area (Å²) < 4.78 is 5.66. The number of nitrogens with zero attached hydrogens (tertiary/aromatic N) is 1. The van der Waals surface area contributed by atoms with Crippen LogP contribution in [-0.4, -0.2) is 33.5 Å². The molecule has 0 aromatic heterocycles. The quantitative estimate of drug-likeness (QED) is 0.176. The van der Waals surface area contributed by atoms with Gasteiger partial charge in [-0.2, -0.15) is 0 Å². The number of hydrogen-bond acceptors (Lipinski definition) is 6. The molecular formula is C30H30N2O6. The van der Waals surface area contributed by atoms with Crippen molar-refractivity contribution in [2.24, 2.45) is 0 Å². The zero-order valence-corrected chi connectivity index (χ0v) is 21.6. The summed E-state index contributed by atoms with van der Waals surface area (Å²) in [5, 5.41) is 23.7. The maximum absolute atomic E-state index is 13.2. The van der Waals surface area contributed by atoms with Gasteiger partial charge in [0.05, 0.1) is 4.92 Å². The fourth-order valence-electron chi connectivity index (χ4n) is 3.48. The van der Waals surface area contributed by atoms with Gasteiger partial charge in [0.15, 0.2) is 0 Å². The highest BCUT2D eigenvalue weighted by Gasteiger charge is 2.29. The van der Waals surface area contributed by atoms with Crippen molar-refractivity contribution in [2.45, 2.75) is 51.7 Å². The van der Waals surface area contributed by atoms with Gasteiger partial charge in [0.1, 0.15) is 23.0 Å². The monoisotopic (exact) mass is 514 g/mol. The predicted molar refractivity (Wildman–Crippen MR) is 144 cm³/mol. The van der Waals surface area contributed by atoms with Crippen LogP contribution in [0, 0.1) is 22.0 Å². The summed E-state index contributed by atoms with van der Waals surface area (Å²) in [7, 11) is 0. The van der Waals surface area contributed by atoms with E-state index in [-0.39, 0.29) is 22.6 Å². The number of aryl methyl sites for hydroxylation is 1. The molecule has 3 aromatic carbocycles. The van der Waals surface area contributed by atoms with Crippen molar-refractivity contribution in [2.75, 3.05) is 0 Å². The molecule has 0 fully saturated rings. The maximum Gasteiger partial charge on any atom is 0.329 e. The van der Waals surface area contributed by atoms with Crippen LogP contribution in [0.5, 0.6) is 5.75 Å². The number of hydrogen-bond donors (Lipinski definition) is 2. The number of aromatic hydroxyl groups is 1. The number of nitrogens with one attached hydrogen (secondary N) is 1. The Morgan fingerprint density at radius 1 is 1.05 bits per heavy atom. The maximum atomic E-state index is 13.2. The van der Waals surface area contributed by atoms with Crippen LogP contribution in [-0.2, 0) is 16.0 Å². The van der Waals surface area contributed by atoms with Gasteiger partial charge in [-0.15, -0.1) is 0 Å². The average molecular weight is 515 g/mol. The van der Waals surface area contributed by atoms with E-state index in [1.165, 1.54) is 30.3 Å². The Labute approximate surface area is 221 Å². The van der Waals surface area contributed by atoms with E-state index in [0.717, 1.165) is 5.56 Å². The molecule has 8 nitrogen and oxygen atoms in total. The van der Waals surface area contributed by atoms with E-state index >= 15 is 0 Å². The SMILES string of the molecule is CCC(C)(C)OC(=O)[C@H](CCc1ccccc1)NC(=O)c1ccc([N+](=O)[O-])c(C#Cc2ccc(O)cc2)c1. The Morgan fingerprint density at radius 3 is 2.37 bits per heavy atom. The van der Waals surface area contributed by atoms with Crippen LogP contribution in [0.3, 0.4) is 0 Å². The molecule has 1 amide bonds. The van der Waals surface area contributed by atoms with Crippen LogP contribution < -0.4 is 5.32 Å². The Balaban J connectivity index is 1.86. The van der Waals surface area contributed by atoms with Crippen LogP contribution in [0.15, 0.2) is 72.8 Å². The minimum Gasteiger partial charge on any atom is -0.508 e. The third-order valence-corrected chi connectivity index (χ3v) is 6.05. The number of nitro benzene ring substituents is 1. The first-order valence-corrected chi connectivity index (χ1v) is 12.2. The molecule has 2 N–H and O–H groups in total. The van der Waals surface area contributed by atoms with Crippen LogP contribution in [0.25, 0.3) is 0 Å². The lowest BCUT2D eigenvalue weighted by Gasteiger charge is -2.27. The van der Waals surface area contributed by atoms with Gasteiger partial charge in [-0.05, 0) is 75.1 Å². The number of amides is 1. The van der Waals surface area contributed by atoms with E-state index in [1.807, 2.05) is 37.3 Å². The molecule has 0 aliphatic heterocycles. The number of ether oxygens (including phenoxy) is 1. The number of nitro groups is 1. The Bertz CT molecular complexity index is 1350. The largest absolute Gasteiger partial charge is 0.508 e. The lowest BCUT2D eigenvalue weighted by molar-refractivity contribution is -0.385. The van der Waals surface area contributed by atoms with Crippen molar-refractivity contribution >= 4 is 17.6 Å². The van der Waals surface area contributed by atoms with Gasteiger partial charge < -0.3 is 15.2 Å². The molecule has 0 aliphatic carbocycles. The number of phenols is 1. The van der Waals surface area contributed by atoms with Gasteiger partial charge in [0.2, 0.25) is 0 Å². The Kier molecular flexibility index (Phi) is 9.23. The highest BCUT2D eigenvalue weighted by Crippen LogP contribution is 2.21. The summed E-state index contributed by atoms with van der Waals surface area (Å²) in [4.78, 5) is 37.2. The fourth-order valence-corrected chi connectivity index (χ4v) is 3.48. The van der Waals surface area contributed by atoms with Crippen molar-refractivity contribution in [3.05, 3.63) is 105 Å². The molecule has 0 aliphatic rings. The summed E-state index contributed by atoms with van der Waals surface area (Å²) in [5.41, 5.74) is 0.768. The van der Waals surface area contributed by atoms with Crippen LogP contribution in [0.1, 0.15) is 60.7 Å². The molecule has 0 spiro atoms. The van der Waals surface area contributed by atoms with Gasteiger partial charge in [-0.1, -0.05) is 49.1 Å². The first-order chi connectivity index (χ1) is 18.1. The fraction of sp³-hybridized carbons (Fsp3) is 0.267. The predicted octanol–water partition coefficient (Wildman–Crippen LogP) is 5.16. The van der Waals surface area contributed by atoms with E-state index in [0.29, 0.717) is 24.8 Å². The lowest BCUT2D eigenvalue weighted by Crippen LogP contribution is -2.45. The number of rotatable bonds is 9. The number of benzene rings is 3. The molecule has 196 valence electrons. The van der Waals surface area contributed by atoms with Gasteiger partial charge in [-0.3, -0.25) is 14.9 Å². The van der Waals surface area contributed by atoms with Crippen molar-refractivity contribution in [3.8, 4) is 17.6 Å². The summed E-state index contributed by atoms with van der Waals surface area (Å²) >= 11 is 0. The van der Waals surface area contributed by atoms with Gasteiger partial charge in [0.25, 0.3) is 11.6 Å². The Morgan fingerprint density at radius 2 is 1.74 bits per heavy atom. The van der Waals surface area contributed by atoms with Crippen molar-refractivity contribution in [1.29, 1.82) is 0 Å². The topological polar surface area (TPSA) is 119 Å². The second kappa shape index (κ2) is 12.5. The normalized spacial score (nSPS) is 11.6. The zero-order valence-electron chi connectivity index (χ0n) is 21.6. The number of phenolic OH excluding ortho intramolecular Hbond substituents is 1. The third kappa shape index (κ3) is 7.93. The number of carbonyl (C=O) groups is 2. The third-order valence-electron chi connectivity index (χ3n) is 6.05. The van der Waals surface area contributed by atoms with Gasteiger partial charge in [0, 0.05) is 17.2 Å². The Hall–Kier alpha value is -4.64. The molecule has 0 heterocycles. The van der Waals surface area contributed by atoms with E-state index < -0.39 is 28.4 Å². The first kappa shape index (κ1) is 27.9. The molecule has 0 unspecified atom stereocenters. The van der Waals surface area contributed by atoms with E-state index in [1.54, 1.807) is 26.0 Å². The first-order valence-electron chi connectivity index (χ1n) is 12.2. The van der Waals surface area contributed by atoms with Crippen molar-refractivity contribution in [1.82, 2.24) is 5.32 Å². The molecule has 38 heavy (non-hydrogen) atoms. The average Bonchev–Trinajstić information content (AvgIpc) is 2.90. The molecule has 0 radical (unpaired) electrons. The van der Waals surface area contributed by atoms with Crippen LogP contribution >= 0.6 is 0 Å². The molecule has 0 saturated carbocycles. The minimum absolute atomic E-state index is 0.0475. The second-order valence-electron chi connectivity index (χ2n) is 9.37. The highest BCUT2D eigenvalue weighted by molar-refractivity contribution is 5.97. The smallest absolute Gasteiger partial charge is 0.329 e. The summed E-state index contributed by atoms with van der Waals surface area (Å²) in [6.45, 7) is 5.51. The van der Waals surface area contributed by atoms with Gasteiger partial charge >= 0.3 is 5.97 Å². The number of esters is 1. The van der Waals surface area contributed by atoms with E-state index in [4.69, 9.17) is 4.74 Å². The van der Waals surface area contributed by atoms with Gasteiger partial charge in [-0.25, -0.2) is 4.79 Å². The molecule has 1 atom stereocenters. The van der Waals surface area contributed by atoms with Crippen LogP contribution in [0.4, 0.5) is 5.69 Å². The summed E-state index contributed by atoms with van der Waals surface area (Å²) in [6, 6.07) is 18.6. The highest BCUT2D eigenvalue weighted by atomic mass is 16.6. The minimum atomic E-state index is -0.921. The molecule has 0 saturated heterocycles. The second-order valence-corrected chi connectivity index (χ2v) is 9.37. The lowest BCUT2D eigenvalue weighted by atomic mass is 10.0. The van der Waals surface area contributed by atoms with Crippen molar-refractivity contribution < 1.29 is 24.4 Å². The number of carbonyl (C=O) groups excluding carboxylic acids is 2. The van der Waals surface area contributed by atoms with E-state index in [2.05, 4.69) is 17.2 Å². The standard InChI is InChI=1S/C30H30N2O6/c1-4-30(2,3)38-29(35)26(18-13-21-8-6-5-7-9-21)31-28(34)24-15-19-27(32(36)37)23(20-24)14-10-22-11-16-25(33)17-12-22/h5-9,11-12,15-17,19-20,26,33H,4,13,18H2,1-3H3,(H,31,34)/t26-/m0/s1. The molecular weight excluding hydrogens is 484 g/mol. The summed E-state index contributed by atoms with van der Waals surface area (Å²) in [6.07, 6.45) is 1.45. The molecule has 8 heteroatoms. The van der Waals surface area contributed by atoms with Crippen molar-refractivity contribution in [3.63, 3.8) is 0 Å². The van der Waals surface area contributed by atoms with E-state index in [9.17, 15) is 24.8 Å². The molecule has 3 rings (SSSR count).